The minimum absolute atomic E-state index is 0.0404. The van der Waals surface area contributed by atoms with E-state index in [0.717, 1.165) is 12.8 Å². The monoisotopic (exact) mass is 537 g/mol. The van der Waals surface area contributed by atoms with Crippen molar-refractivity contribution in [1.82, 2.24) is 25.4 Å². The number of aliphatic hydroxyl groups is 1. The number of aromatic nitrogens is 3. The molecule has 2 amide bonds. The normalized spacial score (nSPS) is 14.6. The molecule has 0 spiro atoms. The van der Waals surface area contributed by atoms with Crippen LogP contribution in [0.15, 0.2) is 40.9 Å². The molecule has 0 aliphatic heterocycles. The van der Waals surface area contributed by atoms with Gasteiger partial charge in [-0.2, -0.15) is 5.10 Å². The predicted octanol–water partition coefficient (Wildman–Crippen LogP) is 3.04. The van der Waals surface area contributed by atoms with Gasteiger partial charge in [0.15, 0.2) is 0 Å². The van der Waals surface area contributed by atoms with Crippen LogP contribution in [0.2, 0.25) is 0 Å². The van der Waals surface area contributed by atoms with Gasteiger partial charge >= 0.3 is 5.97 Å². The van der Waals surface area contributed by atoms with Crippen molar-refractivity contribution in [3.05, 3.63) is 48.0 Å². The number of hydrogen-bond acceptors (Lipinski definition) is 8. The Morgan fingerprint density at radius 1 is 1.13 bits per heavy atom. The summed E-state index contributed by atoms with van der Waals surface area (Å²) < 4.78 is 12.3. The van der Waals surface area contributed by atoms with E-state index < -0.39 is 17.9 Å². The molecule has 3 aromatic rings. The molecule has 0 radical (unpaired) electrons. The first-order valence-electron chi connectivity index (χ1n) is 13.3. The topological polar surface area (TPSA) is 149 Å². The maximum absolute atomic E-state index is 12.9. The molecule has 1 fully saturated rings. The van der Waals surface area contributed by atoms with Gasteiger partial charge in [-0.1, -0.05) is 26.0 Å². The maximum Gasteiger partial charge on any atom is 0.328 e. The summed E-state index contributed by atoms with van der Waals surface area (Å²) in [6.07, 6.45) is 3.53. The summed E-state index contributed by atoms with van der Waals surface area (Å²) in [6.45, 7) is 7.56. The Balaban J connectivity index is 1.53. The fourth-order valence-corrected chi connectivity index (χ4v) is 4.27. The number of carbonyl (C=O) groups is 3. The highest BCUT2D eigenvalue weighted by Gasteiger charge is 2.30. The van der Waals surface area contributed by atoms with Crippen LogP contribution >= 0.6 is 0 Å². The Morgan fingerprint density at radius 3 is 2.54 bits per heavy atom. The number of rotatable bonds is 12. The third-order valence-electron chi connectivity index (χ3n) is 6.64. The minimum Gasteiger partial charge on any atom is -0.464 e. The fraction of sp³-hybridized carbons (Fsp3) is 0.464. The second-order valence-corrected chi connectivity index (χ2v) is 10.0. The van der Waals surface area contributed by atoms with Crippen molar-refractivity contribution in [2.45, 2.75) is 59.2 Å². The summed E-state index contributed by atoms with van der Waals surface area (Å²) >= 11 is 0. The maximum atomic E-state index is 12.9. The second kappa shape index (κ2) is 12.2. The molecule has 1 aliphatic rings. The lowest BCUT2D eigenvalue weighted by Gasteiger charge is -2.19. The molecule has 2 atom stereocenters. The van der Waals surface area contributed by atoms with Crippen molar-refractivity contribution in [3.8, 4) is 22.7 Å². The third-order valence-corrected chi connectivity index (χ3v) is 6.64. The first-order valence-corrected chi connectivity index (χ1v) is 13.3. The summed E-state index contributed by atoms with van der Waals surface area (Å²) in [7, 11) is 0. The molecule has 3 N–H and O–H groups in total. The van der Waals surface area contributed by atoms with Crippen molar-refractivity contribution in [3.63, 3.8) is 0 Å². The highest BCUT2D eigenvalue weighted by molar-refractivity contribution is 5.95. The molecule has 11 heteroatoms. The van der Waals surface area contributed by atoms with Gasteiger partial charge in [0.2, 0.25) is 11.7 Å². The molecule has 0 bridgehead atoms. The van der Waals surface area contributed by atoms with Crippen LogP contribution in [-0.2, 0) is 16.1 Å². The van der Waals surface area contributed by atoms with E-state index in [1.165, 1.54) is 10.9 Å². The highest BCUT2D eigenvalue weighted by Crippen LogP contribution is 2.32. The van der Waals surface area contributed by atoms with Gasteiger partial charge in [0, 0.05) is 17.2 Å². The van der Waals surface area contributed by atoms with Gasteiger partial charge in [-0.25, -0.2) is 9.78 Å². The van der Waals surface area contributed by atoms with E-state index in [9.17, 15) is 19.5 Å². The SMILES string of the molecule is CCOC(=O)[C@@H](NC(=O)c1cnc(-c2cccc(-c3cc(C(=O)N[C@@H](C)C4CC4)n(CCO)n3)c2)o1)C(C)C. The number of aliphatic hydroxyl groups excluding tert-OH is 1. The second-order valence-electron chi connectivity index (χ2n) is 10.0. The average molecular weight is 538 g/mol. The third kappa shape index (κ3) is 6.72. The first-order chi connectivity index (χ1) is 18.7. The zero-order valence-electron chi connectivity index (χ0n) is 22.6. The summed E-state index contributed by atoms with van der Waals surface area (Å²) in [5.41, 5.74) is 2.23. The van der Waals surface area contributed by atoms with Crippen molar-refractivity contribution >= 4 is 17.8 Å². The molecule has 1 aromatic carbocycles. The van der Waals surface area contributed by atoms with Gasteiger partial charge in [0.05, 0.1) is 31.6 Å². The van der Waals surface area contributed by atoms with Gasteiger partial charge in [0.25, 0.3) is 11.8 Å². The molecule has 39 heavy (non-hydrogen) atoms. The Kier molecular flexibility index (Phi) is 8.80. The summed E-state index contributed by atoms with van der Waals surface area (Å²) in [5, 5.41) is 19.7. The van der Waals surface area contributed by atoms with Crippen molar-refractivity contribution < 1.29 is 28.6 Å². The van der Waals surface area contributed by atoms with E-state index in [-0.39, 0.29) is 49.3 Å². The number of amides is 2. The first kappa shape index (κ1) is 28.0. The van der Waals surface area contributed by atoms with Gasteiger partial charge in [-0.3, -0.25) is 14.3 Å². The van der Waals surface area contributed by atoms with E-state index in [1.807, 2.05) is 26.8 Å². The fourth-order valence-electron chi connectivity index (χ4n) is 4.27. The lowest BCUT2D eigenvalue weighted by molar-refractivity contribution is -0.146. The van der Waals surface area contributed by atoms with Crippen LogP contribution in [0.25, 0.3) is 22.7 Å². The van der Waals surface area contributed by atoms with Crippen molar-refractivity contribution in [2.75, 3.05) is 13.2 Å². The number of carbonyl (C=O) groups excluding carboxylic acids is 3. The molecule has 0 unspecified atom stereocenters. The van der Waals surface area contributed by atoms with Crippen LogP contribution in [0, 0.1) is 11.8 Å². The van der Waals surface area contributed by atoms with Gasteiger partial charge in [-0.05, 0) is 56.7 Å². The number of nitrogens with one attached hydrogen (secondary N) is 2. The number of esters is 1. The summed E-state index contributed by atoms with van der Waals surface area (Å²) in [6, 6.07) is 8.16. The zero-order chi connectivity index (χ0) is 28.1. The largest absolute Gasteiger partial charge is 0.464 e. The number of ether oxygens (including phenoxy) is 1. The predicted molar refractivity (Wildman–Crippen MR) is 143 cm³/mol. The number of benzene rings is 1. The molecule has 4 rings (SSSR count). The zero-order valence-corrected chi connectivity index (χ0v) is 22.6. The molecular formula is C28H35N5O6. The molecule has 0 saturated heterocycles. The quantitative estimate of drug-likeness (QED) is 0.299. The molecule has 2 heterocycles. The van der Waals surface area contributed by atoms with Crippen LogP contribution < -0.4 is 10.6 Å². The highest BCUT2D eigenvalue weighted by atomic mass is 16.5. The van der Waals surface area contributed by atoms with E-state index >= 15 is 0 Å². The van der Waals surface area contributed by atoms with Crippen LogP contribution in [-0.4, -0.2) is 63.0 Å². The smallest absolute Gasteiger partial charge is 0.328 e. The van der Waals surface area contributed by atoms with E-state index in [1.54, 1.807) is 31.2 Å². The Bertz CT molecular complexity index is 1330. The van der Waals surface area contributed by atoms with Gasteiger partial charge in [-0.15, -0.1) is 0 Å². The molecule has 2 aromatic heterocycles. The van der Waals surface area contributed by atoms with Crippen LogP contribution in [0.5, 0.6) is 0 Å². The van der Waals surface area contributed by atoms with E-state index in [2.05, 4.69) is 20.7 Å². The van der Waals surface area contributed by atoms with Gasteiger partial charge in [0.1, 0.15) is 11.7 Å². The number of hydrogen-bond donors (Lipinski definition) is 3. The average Bonchev–Trinajstić information content (AvgIpc) is 3.49. The number of oxazole rings is 1. The summed E-state index contributed by atoms with van der Waals surface area (Å²) in [5.74, 6) is -0.815. The van der Waals surface area contributed by atoms with Crippen molar-refractivity contribution in [2.24, 2.45) is 11.8 Å². The Hall–Kier alpha value is -3.99. The standard InChI is InChI=1S/C28H35N5O6/c1-5-38-28(37)24(16(2)3)31-26(36)23-15-29-27(39-23)20-8-6-7-19(13-20)21-14-22(33(32-21)11-12-34)25(35)30-17(4)18-9-10-18/h6-8,13-18,24,34H,5,9-12H2,1-4H3,(H,30,35)(H,31,36)/t17-,24-/m0/s1. The van der Waals surface area contributed by atoms with Crippen LogP contribution in [0.3, 0.4) is 0 Å². The van der Waals surface area contributed by atoms with E-state index in [4.69, 9.17) is 9.15 Å². The molecular weight excluding hydrogens is 502 g/mol. The van der Waals surface area contributed by atoms with E-state index in [0.29, 0.717) is 28.4 Å². The van der Waals surface area contributed by atoms with Crippen LogP contribution in [0.4, 0.5) is 0 Å². The Morgan fingerprint density at radius 2 is 1.87 bits per heavy atom. The minimum atomic E-state index is -0.818. The lowest BCUT2D eigenvalue weighted by atomic mass is 10.0. The van der Waals surface area contributed by atoms with Crippen molar-refractivity contribution in [1.29, 1.82) is 0 Å². The summed E-state index contributed by atoms with van der Waals surface area (Å²) in [4.78, 5) is 42.2. The molecule has 11 nitrogen and oxygen atoms in total. The number of nitrogens with zero attached hydrogens (tertiary/aromatic N) is 3. The van der Waals surface area contributed by atoms with Crippen LogP contribution in [0.1, 0.15) is 61.6 Å². The molecule has 1 aliphatic carbocycles. The lowest BCUT2D eigenvalue weighted by Crippen LogP contribution is -2.45. The molecule has 208 valence electrons. The Labute approximate surface area is 226 Å². The van der Waals surface area contributed by atoms with Gasteiger partial charge < -0.3 is 24.9 Å². The molecule has 1 saturated carbocycles.